The van der Waals surface area contributed by atoms with E-state index in [-0.39, 0.29) is 22.7 Å². The highest BCUT2D eigenvalue weighted by Crippen LogP contribution is 2.18. The van der Waals surface area contributed by atoms with Crippen molar-refractivity contribution in [2.45, 2.75) is 33.2 Å². The molecule has 1 rings (SSSR count). The van der Waals surface area contributed by atoms with E-state index in [2.05, 4.69) is 15.3 Å². The quantitative estimate of drug-likeness (QED) is 0.554. The standard InChI is InChI=1S/C10H16ClN5/c1-4-6-10(14-5(2)3)16-8(11)7(15-6)9(12)13/h5H,4H2,1-3H3,(H3,12,13)(H,14,16). The lowest BCUT2D eigenvalue weighted by Gasteiger charge is -2.13. The first kappa shape index (κ1) is 12.7. The van der Waals surface area contributed by atoms with Gasteiger partial charge < -0.3 is 11.1 Å². The zero-order chi connectivity index (χ0) is 12.3. The summed E-state index contributed by atoms with van der Waals surface area (Å²) in [5, 5.41) is 10.7. The Kier molecular flexibility index (Phi) is 4.06. The largest absolute Gasteiger partial charge is 0.382 e. The molecule has 0 saturated heterocycles. The van der Waals surface area contributed by atoms with E-state index >= 15 is 0 Å². The van der Waals surface area contributed by atoms with E-state index in [0.29, 0.717) is 12.2 Å². The molecule has 88 valence electrons. The lowest BCUT2D eigenvalue weighted by molar-refractivity contribution is 0.868. The highest BCUT2D eigenvalue weighted by Gasteiger charge is 2.13. The van der Waals surface area contributed by atoms with Crippen LogP contribution in [-0.4, -0.2) is 21.8 Å². The average molecular weight is 242 g/mol. The fraction of sp³-hybridized carbons (Fsp3) is 0.500. The maximum Gasteiger partial charge on any atom is 0.160 e. The van der Waals surface area contributed by atoms with Crippen molar-refractivity contribution in [3.8, 4) is 0 Å². The molecule has 4 N–H and O–H groups in total. The van der Waals surface area contributed by atoms with E-state index < -0.39 is 0 Å². The maximum absolute atomic E-state index is 7.33. The van der Waals surface area contributed by atoms with Crippen LogP contribution in [0, 0.1) is 5.41 Å². The molecule has 1 heterocycles. The van der Waals surface area contributed by atoms with Gasteiger partial charge in [0, 0.05) is 6.04 Å². The molecule has 0 aliphatic rings. The van der Waals surface area contributed by atoms with Gasteiger partial charge in [-0.05, 0) is 20.3 Å². The van der Waals surface area contributed by atoms with Gasteiger partial charge in [-0.1, -0.05) is 18.5 Å². The molecule has 0 bridgehead atoms. The first-order chi connectivity index (χ1) is 7.45. The predicted molar refractivity (Wildman–Crippen MR) is 66.2 cm³/mol. The number of hydrogen-bond acceptors (Lipinski definition) is 4. The smallest absolute Gasteiger partial charge is 0.160 e. The summed E-state index contributed by atoms with van der Waals surface area (Å²) in [5.74, 6) is 0.496. The van der Waals surface area contributed by atoms with Crippen molar-refractivity contribution in [2.75, 3.05) is 5.32 Å². The van der Waals surface area contributed by atoms with E-state index in [4.69, 9.17) is 22.7 Å². The molecule has 0 spiro atoms. The van der Waals surface area contributed by atoms with Crippen LogP contribution in [0.3, 0.4) is 0 Å². The van der Waals surface area contributed by atoms with E-state index in [1.807, 2.05) is 20.8 Å². The summed E-state index contributed by atoms with van der Waals surface area (Å²) < 4.78 is 0. The molecule has 1 aromatic heterocycles. The molecule has 0 saturated carbocycles. The van der Waals surface area contributed by atoms with Crippen LogP contribution in [0.15, 0.2) is 0 Å². The summed E-state index contributed by atoms with van der Waals surface area (Å²) >= 11 is 5.90. The summed E-state index contributed by atoms with van der Waals surface area (Å²) in [7, 11) is 0. The van der Waals surface area contributed by atoms with E-state index in [1.54, 1.807) is 0 Å². The Morgan fingerprint density at radius 2 is 2.12 bits per heavy atom. The van der Waals surface area contributed by atoms with Gasteiger partial charge in [-0.25, -0.2) is 9.97 Å². The van der Waals surface area contributed by atoms with Crippen LogP contribution < -0.4 is 11.1 Å². The predicted octanol–water partition coefficient (Wildman–Crippen LogP) is 1.80. The Balaban J connectivity index is 3.21. The lowest BCUT2D eigenvalue weighted by Crippen LogP contribution is -2.19. The molecular formula is C10H16ClN5. The van der Waals surface area contributed by atoms with Gasteiger partial charge in [0.1, 0.15) is 17.3 Å². The van der Waals surface area contributed by atoms with Crippen LogP contribution in [0.5, 0.6) is 0 Å². The molecule has 0 amide bonds. The fourth-order valence-electron chi connectivity index (χ4n) is 1.26. The summed E-state index contributed by atoms with van der Waals surface area (Å²) in [6.07, 6.45) is 0.708. The molecule has 0 aromatic carbocycles. The molecular weight excluding hydrogens is 226 g/mol. The van der Waals surface area contributed by atoms with Gasteiger partial charge in [-0.3, -0.25) is 5.41 Å². The second-order valence-electron chi connectivity index (χ2n) is 3.72. The SMILES string of the molecule is CCc1nc(C(=N)N)c(Cl)nc1NC(C)C. The Labute approximate surface area is 99.9 Å². The molecule has 1 aromatic rings. The van der Waals surface area contributed by atoms with Crippen molar-refractivity contribution in [3.63, 3.8) is 0 Å². The summed E-state index contributed by atoms with van der Waals surface area (Å²) in [6.45, 7) is 5.98. The Hall–Kier alpha value is -1.36. The molecule has 0 atom stereocenters. The lowest BCUT2D eigenvalue weighted by atomic mass is 10.2. The Bertz CT molecular complexity index is 402. The number of nitrogen functional groups attached to an aromatic ring is 1. The van der Waals surface area contributed by atoms with Gasteiger partial charge in [0.05, 0.1) is 5.69 Å². The summed E-state index contributed by atoms with van der Waals surface area (Å²) in [5.41, 5.74) is 6.38. The van der Waals surface area contributed by atoms with Crippen molar-refractivity contribution in [2.24, 2.45) is 5.73 Å². The first-order valence-corrected chi connectivity index (χ1v) is 5.50. The molecule has 0 aliphatic heterocycles. The van der Waals surface area contributed by atoms with Crippen molar-refractivity contribution in [1.29, 1.82) is 5.41 Å². The second kappa shape index (κ2) is 5.12. The van der Waals surface area contributed by atoms with Gasteiger partial charge in [0.2, 0.25) is 0 Å². The topological polar surface area (TPSA) is 87.7 Å². The van der Waals surface area contributed by atoms with Crippen LogP contribution in [0.4, 0.5) is 5.82 Å². The minimum absolute atomic E-state index is 0.160. The third kappa shape index (κ3) is 2.82. The number of aryl methyl sites for hydroxylation is 1. The number of nitrogens with one attached hydrogen (secondary N) is 2. The van der Waals surface area contributed by atoms with Crippen LogP contribution in [0.1, 0.15) is 32.2 Å². The number of halogens is 1. The van der Waals surface area contributed by atoms with Gasteiger partial charge in [-0.2, -0.15) is 0 Å². The zero-order valence-electron chi connectivity index (χ0n) is 9.63. The second-order valence-corrected chi connectivity index (χ2v) is 4.08. The number of aromatic nitrogens is 2. The molecule has 0 fully saturated rings. The number of hydrogen-bond donors (Lipinski definition) is 3. The summed E-state index contributed by atoms with van der Waals surface area (Å²) in [6, 6.07) is 0.249. The molecule has 16 heavy (non-hydrogen) atoms. The minimum Gasteiger partial charge on any atom is -0.382 e. The van der Waals surface area contributed by atoms with Gasteiger partial charge in [-0.15, -0.1) is 0 Å². The molecule has 0 aliphatic carbocycles. The van der Waals surface area contributed by atoms with Gasteiger partial charge in [0.15, 0.2) is 5.15 Å². The Morgan fingerprint density at radius 1 is 1.50 bits per heavy atom. The van der Waals surface area contributed by atoms with Crippen LogP contribution in [0.25, 0.3) is 0 Å². The number of nitrogens with zero attached hydrogens (tertiary/aromatic N) is 2. The third-order valence-electron chi connectivity index (χ3n) is 1.94. The van der Waals surface area contributed by atoms with E-state index in [1.165, 1.54) is 0 Å². The number of rotatable bonds is 4. The molecule has 5 nitrogen and oxygen atoms in total. The number of amidine groups is 1. The third-order valence-corrected chi connectivity index (χ3v) is 2.20. The summed E-state index contributed by atoms with van der Waals surface area (Å²) in [4.78, 5) is 8.41. The van der Waals surface area contributed by atoms with Gasteiger partial charge in [0.25, 0.3) is 0 Å². The molecule has 0 unspecified atom stereocenters. The highest BCUT2D eigenvalue weighted by atomic mass is 35.5. The Morgan fingerprint density at radius 3 is 2.56 bits per heavy atom. The van der Waals surface area contributed by atoms with Crippen LogP contribution in [-0.2, 0) is 6.42 Å². The van der Waals surface area contributed by atoms with Gasteiger partial charge >= 0.3 is 0 Å². The maximum atomic E-state index is 7.33. The monoisotopic (exact) mass is 241 g/mol. The zero-order valence-corrected chi connectivity index (χ0v) is 10.4. The first-order valence-electron chi connectivity index (χ1n) is 5.13. The number of nitrogens with two attached hydrogens (primary N) is 1. The highest BCUT2D eigenvalue weighted by molar-refractivity contribution is 6.32. The fourth-order valence-corrected chi connectivity index (χ4v) is 1.49. The molecule has 0 radical (unpaired) electrons. The van der Waals surface area contributed by atoms with Crippen LogP contribution in [0.2, 0.25) is 5.15 Å². The number of anilines is 1. The van der Waals surface area contributed by atoms with Crippen molar-refractivity contribution >= 4 is 23.3 Å². The minimum atomic E-state index is -0.164. The van der Waals surface area contributed by atoms with Crippen molar-refractivity contribution < 1.29 is 0 Å². The normalized spacial score (nSPS) is 10.6. The molecule has 6 heteroatoms. The average Bonchev–Trinajstić information content (AvgIpc) is 2.16. The van der Waals surface area contributed by atoms with Crippen molar-refractivity contribution in [1.82, 2.24) is 9.97 Å². The van der Waals surface area contributed by atoms with E-state index in [0.717, 1.165) is 5.69 Å². The van der Waals surface area contributed by atoms with Crippen molar-refractivity contribution in [3.05, 3.63) is 16.5 Å². The van der Waals surface area contributed by atoms with E-state index in [9.17, 15) is 0 Å². The van der Waals surface area contributed by atoms with Crippen LogP contribution >= 0.6 is 11.6 Å².